The third-order valence-corrected chi connectivity index (χ3v) is 4.10. The van der Waals surface area contributed by atoms with Gasteiger partial charge in [0.25, 0.3) is 0 Å². The highest BCUT2D eigenvalue weighted by Crippen LogP contribution is 2.18. The van der Waals surface area contributed by atoms with Crippen LogP contribution in [0.25, 0.3) is 0 Å². The number of guanidine groups is 1. The summed E-state index contributed by atoms with van der Waals surface area (Å²) in [6.45, 7) is 5.22. The van der Waals surface area contributed by atoms with Gasteiger partial charge in [0.05, 0.1) is 25.9 Å². The van der Waals surface area contributed by atoms with Gasteiger partial charge in [-0.3, -0.25) is 4.68 Å². The maximum Gasteiger partial charge on any atom is 0.191 e. The number of ether oxygens (including phenoxy) is 1. The number of aliphatic hydroxyl groups is 1. The summed E-state index contributed by atoms with van der Waals surface area (Å²) in [6.07, 6.45) is 3.42. The quantitative estimate of drug-likeness (QED) is 0.292. The van der Waals surface area contributed by atoms with E-state index >= 15 is 0 Å². The van der Waals surface area contributed by atoms with Gasteiger partial charge in [-0.1, -0.05) is 6.07 Å². The molecule has 1 heterocycles. The number of aromatic nitrogens is 2. The molecular formula is C19H29FIN5O2. The molecule has 0 spiro atoms. The van der Waals surface area contributed by atoms with E-state index < -0.39 is 5.60 Å². The Kier molecular flexibility index (Phi) is 9.83. The van der Waals surface area contributed by atoms with Gasteiger partial charge in [-0.15, -0.1) is 24.0 Å². The molecule has 1 aromatic heterocycles. The smallest absolute Gasteiger partial charge is 0.191 e. The molecule has 0 radical (unpaired) electrons. The van der Waals surface area contributed by atoms with Gasteiger partial charge in [-0.2, -0.15) is 5.10 Å². The van der Waals surface area contributed by atoms with Crippen LogP contribution in [0.3, 0.4) is 0 Å². The van der Waals surface area contributed by atoms with Gasteiger partial charge < -0.3 is 20.5 Å². The minimum atomic E-state index is -1.09. The molecule has 3 N–H and O–H groups in total. The minimum Gasteiger partial charge on any atom is -0.383 e. The Morgan fingerprint density at radius 3 is 2.75 bits per heavy atom. The number of rotatable bonds is 8. The van der Waals surface area contributed by atoms with E-state index in [2.05, 4.69) is 20.7 Å². The summed E-state index contributed by atoms with van der Waals surface area (Å²) in [5, 5.41) is 21.1. The van der Waals surface area contributed by atoms with E-state index in [0.29, 0.717) is 24.6 Å². The number of hydrogen-bond acceptors (Lipinski definition) is 4. The summed E-state index contributed by atoms with van der Waals surface area (Å²) in [6, 6.07) is 4.87. The summed E-state index contributed by atoms with van der Waals surface area (Å²) in [5.41, 5.74) is 1.00. The average molecular weight is 505 g/mol. The highest BCUT2D eigenvalue weighted by atomic mass is 127. The minimum absolute atomic E-state index is 0. The normalized spacial score (nSPS) is 13.6. The first kappa shape index (κ1) is 24.3. The van der Waals surface area contributed by atoms with Gasteiger partial charge >= 0.3 is 0 Å². The molecule has 0 aliphatic rings. The predicted molar refractivity (Wildman–Crippen MR) is 118 cm³/mol. The number of aliphatic imine (C=N–C) groups is 1. The van der Waals surface area contributed by atoms with Crippen molar-refractivity contribution in [3.63, 3.8) is 0 Å². The van der Waals surface area contributed by atoms with Gasteiger partial charge in [0.2, 0.25) is 0 Å². The summed E-state index contributed by atoms with van der Waals surface area (Å²) < 4.78 is 20.4. The standard InChI is InChI=1S/C19H28FN5O2.HI/c1-5-21-18(23-13-19(2,26)16-10-24-25(3)11-16)22-9-14-6-7-17(20)15(8-14)12-27-4;/h6-8,10-11,26H,5,9,12-13H2,1-4H3,(H2,21,22,23);1H. The molecule has 1 atom stereocenters. The lowest BCUT2D eigenvalue weighted by atomic mass is 10.00. The van der Waals surface area contributed by atoms with E-state index in [1.807, 2.05) is 6.92 Å². The first-order chi connectivity index (χ1) is 12.9. The second-order valence-corrected chi connectivity index (χ2v) is 6.58. The van der Waals surface area contributed by atoms with Crippen molar-refractivity contribution >= 4 is 29.9 Å². The fourth-order valence-corrected chi connectivity index (χ4v) is 2.56. The molecule has 156 valence electrons. The Morgan fingerprint density at radius 1 is 1.39 bits per heavy atom. The summed E-state index contributed by atoms with van der Waals surface area (Å²) in [5.74, 6) is 0.279. The van der Waals surface area contributed by atoms with Crippen LogP contribution in [0.5, 0.6) is 0 Å². The molecule has 0 amide bonds. The van der Waals surface area contributed by atoms with Crippen molar-refractivity contribution in [1.29, 1.82) is 0 Å². The molecule has 7 nitrogen and oxygen atoms in total. The molecule has 1 unspecified atom stereocenters. The van der Waals surface area contributed by atoms with Crippen LogP contribution in [-0.4, -0.2) is 41.0 Å². The molecule has 0 bridgehead atoms. The molecule has 0 saturated carbocycles. The van der Waals surface area contributed by atoms with Crippen LogP contribution < -0.4 is 10.6 Å². The number of hydrogen-bond donors (Lipinski definition) is 3. The van der Waals surface area contributed by atoms with E-state index in [9.17, 15) is 9.50 Å². The summed E-state index contributed by atoms with van der Waals surface area (Å²) >= 11 is 0. The average Bonchev–Trinajstić information content (AvgIpc) is 3.07. The van der Waals surface area contributed by atoms with E-state index in [4.69, 9.17) is 4.74 Å². The lowest BCUT2D eigenvalue weighted by Crippen LogP contribution is -2.44. The maximum atomic E-state index is 13.7. The summed E-state index contributed by atoms with van der Waals surface area (Å²) in [7, 11) is 3.34. The molecule has 9 heteroatoms. The van der Waals surface area contributed by atoms with E-state index in [0.717, 1.165) is 11.1 Å². The van der Waals surface area contributed by atoms with Crippen LogP contribution in [0.15, 0.2) is 35.6 Å². The highest BCUT2D eigenvalue weighted by molar-refractivity contribution is 14.0. The number of nitrogens with one attached hydrogen (secondary N) is 2. The number of nitrogens with zero attached hydrogens (tertiary/aromatic N) is 3. The van der Waals surface area contributed by atoms with Crippen molar-refractivity contribution in [2.75, 3.05) is 20.2 Å². The van der Waals surface area contributed by atoms with Crippen LogP contribution in [0, 0.1) is 5.82 Å². The topological polar surface area (TPSA) is 83.7 Å². The number of halogens is 2. The first-order valence-corrected chi connectivity index (χ1v) is 8.85. The van der Waals surface area contributed by atoms with Crippen molar-refractivity contribution in [3.8, 4) is 0 Å². The molecule has 2 aromatic rings. The van der Waals surface area contributed by atoms with Gasteiger partial charge in [-0.05, 0) is 31.5 Å². The zero-order chi connectivity index (χ0) is 19.9. The molecule has 1 aromatic carbocycles. The predicted octanol–water partition coefficient (Wildman–Crippen LogP) is 2.29. The molecule has 28 heavy (non-hydrogen) atoms. The second-order valence-electron chi connectivity index (χ2n) is 6.58. The highest BCUT2D eigenvalue weighted by Gasteiger charge is 2.25. The Balaban J connectivity index is 0.00000392. The third-order valence-electron chi connectivity index (χ3n) is 4.10. The first-order valence-electron chi connectivity index (χ1n) is 8.85. The van der Waals surface area contributed by atoms with E-state index in [-0.39, 0.29) is 42.9 Å². The zero-order valence-corrected chi connectivity index (χ0v) is 19.0. The third kappa shape index (κ3) is 7.02. The molecule has 0 aliphatic carbocycles. The molecular weight excluding hydrogens is 476 g/mol. The van der Waals surface area contributed by atoms with Crippen LogP contribution in [0.4, 0.5) is 4.39 Å². The Morgan fingerprint density at radius 2 is 2.14 bits per heavy atom. The monoisotopic (exact) mass is 505 g/mol. The van der Waals surface area contributed by atoms with Crippen molar-refractivity contribution in [3.05, 3.63) is 53.1 Å². The lowest BCUT2D eigenvalue weighted by molar-refractivity contribution is 0.0616. The van der Waals surface area contributed by atoms with E-state index in [1.165, 1.54) is 13.2 Å². The maximum absolute atomic E-state index is 13.7. The van der Waals surface area contributed by atoms with Gasteiger partial charge in [0.1, 0.15) is 11.4 Å². The Hall–Kier alpha value is -1.72. The molecule has 0 aliphatic heterocycles. The van der Waals surface area contributed by atoms with Crippen molar-refractivity contribution in [1.82, 2.24) is 20.4 Å². The largest absolute Gasteiger partial charge is 0.383 e. The van der Waals surface area contributed by atoms with Crippen LogP contribution >= 0.6 is 24.0 Å². The van der Waals surface area contributed by atoms with Gasteiger partial charge in [-0.25, -0.2) is 9.38 Å². The second kappa shape index (κ2) is 11.3. The lowest BCUT2D eigenvalue weighted by Gasteiger charge is -2.23. The van der Waals surface area contributed by atoms with Crippen molar-refractivity contribution in [2.45, 2.75) is 32.6 Å². The fourth-order valence-electron chi connectivity index (χ4n) is 2.56. The molecule has 2 rings (SSSR count). The summed E-state index contributed by atoms with van der Waals surface area (Å²) in [4.78, 5) is 4.52. The van der Waals surface area contributed by atoms with Gasteiger partial charge in [0, 0.05) is 38.0 Å². The number of aryl methyl sites for hydroxylation is 1. The number of methoxy groups -OCH3 is 1. The molecule has 0 saturated heterocycles. The fraction of sp³-hybridized carbons (Fsp3) is 0.474. The van der Waals surface area contributed by atoms with Crippen LogP contribution in [0.2, 0.25) is 0 Å². The zero-order valence-electron chi connectivity index (χ0n) is 16.7. The van der Waals surface area contributed by atoms with Crippen molar-refractivity contribution < 1.29 is 14.2 Å². The molecule has 0 fully saturated rings. The Bertz CT molecular complexity index is 779. The number of benzene rings is 1. The Labute approximate surface area is 182 Å². The van der Waals surface area contributed by atoms with Crippen molar-refractivity contribution in [2.24, 2.45) is 12.0 Å². The van der Waals surface area contributed by atoms with E-state index in [1.54, 1.807) is 43.2 Å². The van der Waals surface area contributed by atoms with Gasteiger partial charge in [0.15, 0.2) is 5.96 Å². The van der Waals surface area contributed by atoms with Crippen LogP contribution in [0.1, 0.15) is 30.5 Å². The SMILES string of the molecule is CCNC(=NCc1ccc(F)c(COC)c1)NCC(C)(O)c1cnn(C)c1.I. The van der Waals surface area contributed by atoms with Crippen LogP contribution in [-0.2, 0) is 30.5 Å².